The molecular formula is H12Fe2O9. The van der Waals surface area contributed by atoms with E-state index in [0.29, 0.717) is 0 Å². The van der Waals surface area contributed by atoms with E-state index in [4.69, 9.17) is 0 Å². The van der Waals surface area contributed by atoms with Crippen LogP contribution in [0.5, 0.6) is 0 Å². The minimum Gasteiger partial charge on any atom is -2.00 e. The zero-order valence-electron chi connectivity index (χ0n) is 4.93. The van der Waals surface area contributed by atoms with Crippen molar-refractivity contribution in [2.45, 2.75) is 0 Å². The molecule has 0 amide bonds. The number of hydrogen-bond donors (Lipinski definition) is 0. The van der Waals surface area contributed by atoms with Crippen molar-refractivity contribution in [2.75, 3.05) is 0 Å². The standard InChI is InChI=1S/2Fe.6H2O.3O/h;;6*1H2;;;/q2*+3;;;;;;;3*-2. The number of rotatable bonds is 0. The zero-order valence-corrected chi connectivity index (χ0v) is 7.14. The van der Waals surface area contributed by atoms with E-state index in [1.807, 2.05) is 0 Å². The summed E-state index contributed by atoms with van der Waals surface area (Å²) in [5, 5.41) is 0. The van der Waals surface area contributed by atoms with Gasteiger partial charge in [-0.25, -0.2) is 0 Å². The van der Waals surface area contributed by atoms with Gasteiger partial charge in [-0.15, -0.1) is 0 Å². The van der Waals surface area contributed by atoms with Crippen LogP contribution in [-0.4, -0.2) is 32.9 Å². The van der Waals surface area contributed by atoms with Gasteiger partial charge in [0.2, 0.25) is 0 Å². The Hall–Kier alpha value is 0.679. The molecule has 0 aliphatic heterocycles. The molecule has 0 atom stereocenters. The second kappa shape index (κ2) is 2170. The van der Waals surface area contributed by atoms with Crippen LogP contribution in [0.4, 0.5) is 0 Å². The summed E-state index contributed by atoms with van der Waals surface area (Å²) in [6.07, 6.45) is 0. The Bertz CT molecular complexity index is 7.52. The molecule has 12 N–H and O–H groups in total. The average molecular weight is 268 g/mol. The molecule has 0 aromatic rings. The molecule has 9 nitrogen and oxygen atoms in total. The molecule has 0 fully saturated rings. The molecule has 0 aliphatic carbocycles. The molecule has 0 spiro atoms. The maximum absolute atomic E-state index is 0. The van der Waals surface area contributed by atoms with Crippen molar-refractivity contribution in [1.29, 1.82) is 0 Å². The fourth-order valence-electron chi connectivity index (χ4n) is 0. The van der Waals surface area contributed by atoms with Gasteiger partial charge in [-0.3, -0.25) is 0 Å². The molecule has 0 aromatic heterocycles. The van der Waals surface area contributed by atoms with Crippen LogP contribution in [0.3, 0.4) is 0 Å². The van der Waals surface area contributed by atoms with Gasteiger partial charge < -0.3 is 49.3 Å². The predicted octanol–water partition coefficient (Wildman–Crippen LogP) is -5.31. The van der Waals surface area contributed by atoms with Gasteiger partial charge in [-0.05, 0) is 0 Å². The summed E-state index contributed by atoms with van der Waals surface area (Å²) < 4.78 is 0. The van der Waals surface area contributed by atoms with Crippen LogP contribution in [0.15, 0.2) is 0 Å². The monoisotopic (exact) mass is 268 g/mol. The smallest absolute Gasteiger partial charge is 2.00 e. The van der Waals surface area contributed by atoms with E-state index in [9.17, 15) is 0 Å². The van der Waals surface area contributed by atoms with Gasteiger partial charge in [0.15, 0.2) is 0 Å². The minimum absolute atomic E-state index is 0. The third kappa shape index (κ3) is 1740. The quantitative estimate of drug-likeness (QED) is 0.371. The van der Waals surface area contributed by atoms with Gasteiger partial charge in [0.1, 0.15) is 0 Å². The molecule has 0 aliphatic rings. The molecule has 11 heteroatoms. The van der Waals surface area contributed by atoms with Crippen LogP contribution in [0, 0.1) is 0 Å². The minimum atomic E-state index is 0. The van der Waals surface area contributed by atoms with E-state index in [1.165, 1.54) is 0 Å². The van der Waals surface area contributed by atoms with E-state index in [-0.39, 0.29) is 83.4 Å². The molecule has 0 saturated heterocycles. The Balaban J connectivity index is 0. The first-order valence-corrected chi connectivity index (χ1v) is 0. The third-order valence-electron chi connectivity index (χ3n) is 0. The van der Waals surface area contributed by atoms with Crippen molar-refractivity contribution >= 4 is 0 Å². The maximum Gasteiger partial charge on any atom is 3.00 e. The Morgan fingerprint density at radius 2 is 0.273 bits per heavy atom. The first-order valence-electron chi connectivity index (χ1n) is 0. The summed E-state index contributed by atoms with van der Waals surface area (Å²) in [6, 6.07) is 0. The van der Waals surface area contributed by atoms with Gasteiger partial charge in [0.25, 0.3) is 0 Å². The average Bonchev–Trinajstić information content (AvgIpc) is 0. The Labute approximate surface area is 83.9 Å². The molecule has 0 rings (SSSR count). The molecule has 0 saturated carbocycles. The molecule has 11 heavy (non-hydrogen) atoms. The molecule has 0 aromatic carbocycles. The summed E-state index contributed by atoms with van der Waals surface area (Å²) in [4.78, 5) is 0. The van der Waals surface area contributed by atoms with Crippen molar-refractivity contribution in [2.24, 2.45) is 0 Å². The Morgan fingerprint density at radius 3 is 0.273 bits per heavy atom. The van der Waals surface area contributed by atoms with Gasteiger partial charge in [0.05, 0.1) is 0 Å². The molecule has 0 unspecified atom stereocenters. The van der Waals surface area contributed by atoms with E-state index in [0.717, 1.165) is 0 Å². The van der Waals surface area contributed by atoms with Gasteiger partial charge in [0, 0.05) is 0 Å². The summed E-state index contributed by atoms with van der Waals surface area (Å²) in [7, 11) is 0. The molecule has 0 bridgehead atoms. The van der Waals surface area contributed by atoms with E-state index < -0.39 is 0 Å². The Kier molecular flexibility index (Phi) is 570000. The molecule has 82 valence electrons. The van der Waals surface area contributed by atoms with Gasteiger partial charge in [-0.2, -0.15) is 0 Å². The van der Waals surface area contributed by atoms with E-state index in [1.54, 1.807) is 0 Å². The van der Waals surface area contributed by atoms with Crippen LogP contribution in [0.2, 0.25) is 0 Å². The van der Waals surface area contributed by atoms with Gasteiger partial charge >= 0.3 is 34.1 Å². The summed E-state index contributed by atoms with van der Waals surface area (Å²) >= 11 is 0. The SMILES string of the molecule is O.O.O.O.O.O.[Fe+3].[Fe+3].[O-2].[O-2].[O-2]. The Morgan fingerprint density at radius 1 is 0.273 bits per heavy atom. The van der Waals surface area contributed by atoms with E-state index >= 15 is 0 Å². The van der Waals surface area contributed by atoms with Crippen LogP contribution in [-0.2, 0) is 50.6 Å². The largest absolute Gasteiger partial charge is 3.00 e. The number of hydrogen-bond acceptors (Lipinski definition) is 0. The first-order chi connectivity index (χ1) is 0. The van der Waals surface area contributed by atoms with Crippen molar-refractivity contribution in [3.8, 4) is 0 Å². The van der Waals surface area contributed by atoms with Crippen molar-refractivity contribution in [3.63, 3.8) is 0 Å². The molecule has 2 radical (unpaired) electrons. The van der Waals surface area contributed by atoms with Crippen LogP contribution >= 0.6 is 0 Å². The summed E-state index contributed by atoms with van der Waals surface area (Å²) in [5.41, 5.74) is 0. The molecule has 0 heterocycles. The predicted molar refractivity (Wildman–Crippen MR) is 23.7 cm³/mol. The first kappa shape index (κ1) is 2890. The van der Waals surface area contributed by atoms with Crippen molar-refractivity contribution in [3.05, 3.63) is 0 Å². The third-order valence-corrected chi connectivity index (χ3v) is 0. The van der Waals surface area contributed by atoms with Crippen LogP contribution < -0.4 is 0 Å². The zero-order chi connectivity index (χ0) is 0. The maximum atomic E-state index is 0. The fourth-order valence-corrected chi connectivity index (χ4v) is 0. The van der Waals surface area contributed by atoms with Crippen LogP contribution in [0.1, 0.15) is 0 Å². The van der Waals surface area contributed by atoms with Crippen molar-refractivity contribution in [1.82, 2.24) is 0 Å². The van der Waals surface area contributed by atoms with E-state index in [2.05, 4.69) is 0 Å². The second-order valence-corrected chi connectivity index (χ2v) is 0. The van der Waals surface area contributed by atoms with Gasteiger partial charge in [-0.1, -0.05) is 0 Å². The van der Waals surface area contributed by atoms with Crippen LogP contribution in [0.25, 0.3) is 0 Å². The van der Waals surface area contributed by atoms with Crippen molar-refractivity contribution < 1.29 is 83.4 Å². The fraction of sp³-hybridized carbons (Fsp3) is 0. The summed E-state index contributed by atoms with van der Waals surface area (Å²) in [6.45, 7) is 0. The normalized spacial score (nSPS) is 0. The topological polar surface area (TPSA) is 274 Å². The second-order valence-electron chi connectivity index (χ2n) is 0. The molecular weight excluding hydrogens is 256 g/mol. The summed E-state index contributed by atoms with van der Waals surface area (Å²) in [5.74, 6) is 0.